The van der Waals surface area contributed by atoms with Crippen molar-refractivity contribution in [3.05, 3.63) is 70.8 Å². The van der Waals surface area contributed by atoms with Gasteiger partial charge in [0, 0.05) is 25.7 Å². The first-order chi connectivity index (χ1) is 15.9. The van der Waals surface area contributed by atoms with Crippen LogP contribution in [0.1, 0.15) is 47.9 Å². The molecule has 4 nitrogen and oxygen atoms in total. The van der Waals surface area contributed by atoms with Crippen LogP contribution in [-0.4, -0.2) is 26.4 Å². The molecule has 0 amide bonds. The van der Waals surface area contributed by atoms with Gasteiger partial charge < -0.3 is 18.9 Å². The molecule has 2 aromatic rings. The van der Waals surface area contributed by atoms with Crippen molar-refractivity contribution in [1.82, 2.24) is 0 Å². The smallest absolute Gasteiger partial charge is 0.0717 e. The molecule has 0 saturated carbocycles. The lowest BCUT2D eigenvalue weighted by molar-refractivity contribution is 0.121. The van der Waals surface area contributed by atoms with Crippen LogP contribution in [-0.2, 0) is 45.4 Å². The van der Waals surface area contributed by atoms with Crippen LogP contribution in [0.3, 0.4) is 0 Å². The molecule has 4 bridgehead atoms. The van der Waals surface area contributed by atoms with Crippen LogP contribution in [0.25, 0.3) is 0 Å². The topological polar surface area (TPSA) is 36.9 Å². The highest BCUT2D eigenvalue weighted by Crippen LogP contribution is 2.10. The molecule has 1 aliphatic heterocycles. The summed E-state index contributed by atoms with van der Waals surface area (Å²) in [6, 6.07) is 16.6. The van der Waals surface area contributed by atoms with Crippen molar-refractivity contribution in [1.29, 1.82) is 0 Å². The Morgan fingerprint density at radius 1 is 0.438 bits per heavy atom. The molecule has 2 aromatic carbocycles. The van der Waals surface area contributed by atoms with Crippen molar-refractivity contribution in [2.45, 2.75) is 52.1 Å². The standard InChI is InChI=1S/C28H32O4/c1-2-6-16-30-22-26-12-10-14-28(20-26)24-32-18-8-4-3-7-17-31-23-27-13-9-11-25(19-27)21-29-15-5-1/h9-14,19-20H,5-8,15-18,21-24H2. The Balaban J connectivity index is 1.49. The highest BCUT2D eigenvalue weighted by molar-refractivity contribution is 5.23. The molecule has 0 spiro atoms. The molecule has 1 heterocycles. The van der Waals surface area contributed by atoms with Crippen LogP contribution in [0.15, 0.2) is 48.5 Å². The van der Waals surface area contributed by atoms with Crippen LogP contribution in [0.5, 0.6) is 0 Å². The summed E-state index contributed by atoms with van der Waals surface area (Å²) in [6.45, 7) is 4.86. The van der Waals surface area contributed by atoms with Gasteiger partial charge in [0.05, 0.1) is 52.9 Å². The van der Waals surface area contributed by atoms with Crippen LogP contribution < -0.4 is 0 Å². The minimum atomic E-state index is 0.589. The summed E-state index contributed by atoms with van der Waals surface area (Å²) in [5.74, 6) is 12.6. The van der Waals surface area contributed by atoms with Gasteiger partial charge in [-0.25, -0.2) is 0 Å². The van der Waals surface area contributed by atoms with Crippen molar-refractivity contribution in [3.63, 3.8) is 0 Å². The first kappa shape index (κ1) is 24.1. The van der Waals surface area contributed by atoms with E-state index >= 15 is 0 Å². The summed E-state index contributed by atoms with van der Waals surface area (Å²) >= 11 is 0. The normalized spacial score (nSPS) is 17.2. The van der Waals surface area contributed by atoms with Gasteiger partial charge >= 0.3 is 0 Å². The molecule has 0 saturated heterocycles. The average Bonchev–Trinajstić information content (AvgIpc) is 2.81. The largest absolute Gasteiger partial charge is 0.376 e. The van der Waals surface area contributed by atoms with Gasteiger partial charge in [-0.05, 0) is 22.3 Å². The summed E-state index contributed by atoms with van der Waals surface area (Å²) < 4.78 is 23.0. The highest BCUT2D eigenvalue weighted by Gasteiger charge is 1.99. The van der Waals surface area contributed by atoms with E-state index in [1.807, 2.05) is 12.1 Å². The van der Waals surface area contributed by atoms with Gasteiger partial charge in [0.1, 0.15) is 0 Å². The summed E-state index contributed by atoms with van der Waals surface area (Å²) in [5, 5.41) is 0. The molecule has 0 fully saturated rings. The third-order valence-electron chi connectivity index (χ3n) is 4.79. The van der Waals surface area contributed by atoms with Crippen molar-refractivity contribution >= 4 is 0 Å². The van der Waals surface area contributed by atoms with Gasteiger partial charge in [-0.3, -0.25) is 0 Å². The quantitative estimate of drug-likeness (QED) is 0.547. The lowest BCUT2D eigenvalue weighted by atomic mass is 10.1. The number of ether oxygens (including phenoxy) is 4. The van der Waals surface area contributed by atoms with E-state index in [-0.39, 0.29) is 0 Å². The second kappa shape index (κ2) is 15.2. The number of fused-ring (bicyclic) bond motifs is 4. The predicted octanol–water partition coefficient (Wildman–Crippen LogP) is 5.03. The lowest BCUT2D eigenvalue weighted by Crippen LogP contribution is -1.99. The predicted molar refractivity (Wildman–Crippen MR) is 126 cm³/mol. The van der Waals surface area contributed by atoms with Crippen LogP contribution in [0.4, 0.5) is 0 Å². The minimum absolute atomic E-state index is 0.589. The van der Waals surface area contributed by atoms with Gasteiger partial charge in [0.2, 0.25) is 0 Å². The Bertz CT molecular complexity index is 789. The maximum Gasteiger partial charge on any atom is 0.0717 e. The van der Waals surface area contributed by atoms with Crippen LogP contribution in [0, 0.1) is 23.7 Å². The molecule has 3 rings (SSSR count). The van der Waals surface area contributed by atoms with E-state index in [2.05, 4.69) is 60.1 Å². The third-order valence-corrected chi connectivity index (χ3v) is 4.79. The Morgan fingerprint density at radius 2 is 0.719 bits per heavy atom. The van der Waals surface area contributed by atoms with Gasteiger partial charge in [-0.2, -0.15) is 0 Å². The summed E-state index contributed by atoms with van der Waals surface area (Å²) in [6.07, 6.45) is 2.91. The first-order valence-corrected chi connectivity index (χ1v) is 11.3. The van der Waals surface area contributed by atoms with Crippen molar-refractivity contribution in [2.24, 2.45) is 0 Å². The zero-order valence-corrected chi connectivity index (χ0v) is 18.7. The van der Waals surface area contributed by atoms with Gasteiger partial charge in [-0.1, -0.05) is 48.5 Å². The molecular formula is C28H32O4. The van der Waals surface area contributed by atoms with E-state index < -0.39 is 0 Å². The molecular weight excluding hydrogens is 400 g/mol. The van der Waals surface area contributed by atoms with E-state index in [4.69, 9.17) is 18.9 Å². The lowest BCUT2D eigenvalue weighted by Gasteiger charge is -2.07. The zero-order chi connectivity index (χ0) is 22.1. The molecule has 168 valence electrons. The second-order valence-electron chi connectivity index (χ2n) is 7.56. The number of benzene rings is 2. The Hall–Kier alpha value is -2.60. The van der Waals surface area contributed by atoms with Gasteiger partial charge in [0.25, 0.3) is 0 Å². The third kappa shape index (κ3) is 10.1. The zero-order valence-electron chi connectivity index (χ0n) is 18.7. The number of hydrogen-bond acceptors (Lipinski definition) is 4. The van der Waals surface area contributed by atoms with E-state index in [0.29, 0.717) is 52.9 Å². The second-order valence-corrected chi connectivity index (χ2v) is 7.56. The Kier molecular flexibility index (Phi) is 11.5. The molecule has 0 radical (unpaired) electrons. The average molecular weight is 433 g/mol. The van der Waals surface area contributed by atoms with E-state index in [0.717, 1.165) is 47.9 Å². The Labute approximate surface area is 192 Å². The molecule has 0 unspecified atom stereocenters. The van der Waals surface area contributed by atoms with Crippen molar-refractivity contribution in [2.75, 3.05) is 26.4 Å². The van der Waals surface area contributed by atoms with Crippen LogP contribution >= 0.6 is 0 Å². The van der Waals surface area contributed by atoms with Crippen LogP contribution in [0.2, 0.25) is 0 Å². The molecule has 0 aromatic heterocycles. The summed E-state index contributed by atoms with van der Waals surface area (Å²) in [5.41, 5.74) is 4.60. The highest BCUT2D eigenvalue weighted by atomic mass is 16.5. The van der Waals surface area contributed by atoms with Gasteiger partial charge in [0.15, 0.2) is 0 Å². The molecule has 0 atom stereocenters. The maximum atomic E-state index is 5.75. The molecule has 0 aliphatic carbocycles. The van der Waals surface area contributed by atoms with E-state index in [1.165, 1.54) is 0 Å². The fourth-order valence-corrected chi connectivity index (χ4v) is 3.22. The maximum absolute atomic E-state index is 5.75. The number of rotatable bonds is 0. The Morgan fingerprint density at radius 3 is 1.00 bits per heavy atom. The first-order valence-electron chi connectivity index (χ1n) is 11.3. The summed E-state index contributed by atoms with van der Waals surface area (Å²) in [7, 11) is 0. The van der Waals surface area contributed by atoms with E-state index in [9.17, 15) is 0 Å². The summed E-state index contributed by atoms with van der Waals surface area (Å²) in [4.78, 5) is 0. The van der Waals surface area contributed by atoms with Crippen molar-refractivity contribution in [3.8, 4) is 23.7 Å². The monoisotopic (exact) mass is 432 g/mol. The molecule has 0 N–H and O–H groups in total. The number of hydrogen-bond donors (Lipinski definition) is 0. The van der Waals surface area contributed by atoms with E-state index in [1.54, 1.807) is 0 Å². The SMILES string of the molecule is C1#CCCOCc2cccc(c2)COCCC#CCCOCc2cccc(c2)COCC1. The minimum Gasteiger partial charge on any atom is -0.376 e. The molecule has 1 aliphatic rings. The van der Waals surface area contributed by atoms with Crippen molar-refractivity contribution < 1.29 is 18.9 Å². The van der Waals surface area contributed by atoms with Gasteiger partial charge in [-0.15, -0.1) is 23.7 Å². The fourth-order valence-electron chi connectivity index (χ4n) is 3.22. The molecule has 32 heavy (non-hydrogen) atoms. The molecule has 4 heteroatoms. The fraction of sp³-hybridized carbons (Fsp3) is 0.429.